The van der Waals surface area contributed by atoms with Crippen molar-refractivity contribution in [1.82, 2.24) is 20.1 Å². The summed E-state index contributed by atoms with van der Waals surface area (Å²) in [5, 5.41) is 6.89. The zero-order chi connectivity index (χ0) is 11.5. The Kier molecular flexibility index (Phi) is 2.88. The van der Waals surface area contributed by atoms with Crippen molar-refractivity contribution in [1.29, 1.82) is 0 Å². The van der Waals surface area contributed by atoms with Gasteiger partial charge in [-0.1, -0.05) is 0 Å². The molecule has 4 nitrogen and oxygen atoms in total. The Balaban J connectivity index is 1.71. The number of nitrogens with zero attached hydrogens (tertiary/aromatic N) is 3. The number of likely N-dealkylation sites (tertiary alicyclic amines) is 1. The number of hydrogen-bond acceptors (Lipinski definition) is 3. The molecule has 2 aromatic heterocycles. The van der Waals surface area contributed by atoms with E-state index in [4.69, 9.17) is 0 Å². The molecule has 1 fully saturated rings. The van der Waals surface area contributed by atoms with E-state index < -0.39 is 0 Å². The Labute approximate surface area is 101 Å². The summed E-state index contributed by atoms with van der Waals surface area (Å²) in [4.78, 5) is 6.97. The number of nitrogens with one attached hydrogen (secondary N) is 1. The molecule has 88 valence electrons. The molecule has 3 heterocycles. The van der Waals surface area contributed by atoms with Gasteiger partial charge >= 0.3 is 0 Å². The van der Waals surface area contributed by atoms with E-state index in [2.05, 4.69) is 32.2 Å². The molecule has 0 saturated carbocycles. The van der Waals surface area contributed by atoms with Crippen LogP contribution in [0, 0.1) is 0 Å². The molecule has 4 heteroatoms. The van der Waals surface area contributed by atoms with Gasteiger partial charge in [0.25, 0.3) is 0 Å². The van der Waals surface area contributed by atoms with Gasteiger partial charge < -0.3 is 0 Å². The Morgan fingerprint density at radius 3 is 2.71 bits per heavy atom. The van der Waals surface area contributed by atoms with E-state index in [1.54, 1.807) is 6.20 Å². The normalized spacial score (nSPS) is 16.5. The highest BCUT2D eigenvalue weighted by Crippen LogP contribution is 2.16. The third kappa shape index (κ3) is 2.36. The van der Waals surface area contributed by atoms with Crippen LogP contribution in [0.5, 0.6) is 0 Å². The average Bonchev–Trinajstić information content (AvgIpc) is 3.01. The Bertz CT molecular complexity index is 455. The second-order valence-electron chi connectivity index (χ2n) is 4.49. The first kappa shape index (κ1) is 10.5. The van der Waals surface area contributed by atoms with E-state index in [1.807, 2.05) is 12.3 Å². The molecule has 1 saturated heterocycles. The first-order chi connectivity index (χ1) is 8.42. The zero-order valence-corrected chi connectivity index (χ0v) is 9.76. The molecule has 1 aliphatic heterocycles. The van der Waals surface area contributed by atoms with Crippen molar-refractivity contribution in [2.45, 2.75) is 19.4 Å². The van der Waals surface area contributed by atoms with E-state index in [0.717, 1.165) is 23.5 Å². The lowest BCUT2D eigenvalue weighted by Gasteiger charge is -2.13. The van der Waals surface area contributed by atoms with Crippen molar-refractivity contribution in [3.05, 3.63) is 36.3 Å². The lowest BCUT2D eigenvalue weighted by Crippen LogP contribution is -2.18. The molecule has 0 unspecified atom stereocenters. The molecule has 1 aliphatic rings. The number of rotatable bonds is 3. The molecule has 3 rings (SSSR count). The van der Waals surface area contributed by atoms with Gasteiger partial charge in [-0.05, 0) is 44.1 Å². The highest BCUT2D eigenvalue weighted by molar-refractivity contribution is 5.56. The smallest absolute Gasteiger partial charge is 0.0665 e. The Hall–Kier alpha value is -1.68. The van der Waals surface area contributed by atoms with Gasteiger partial charge in [0.2, 0.25) is 0 Å². The van der Waals surface area contributed by atoms with Crippen molar-refractivity contribution < 1.29 is 0 Å². The van der Waals surface area contributed by atoms with Gasteiger partial charge in [-0.2, -0.15) is 5.10 Å². The van der Waals surface area contributed by atoms with Gasteiger partial charge in [-0.3, -0.25) is 15.0 Å². The third-order valence-corrected chi connectivity index (χ3v) is 3.22. The van der Waals surface area contributed by atoms with Crippen LogP contribution >= 0.6 is 0 Å². The first-order valence-corrected chi connectivity index (χ1v) is 6.09. The van der Waals surface area contributed by atoms with Gasteiger partial charge in [0, 0.05) is 24.5 Å². The molecule has 0 spiro atoms. The van der Waals surface area contributed by atoms with Crippen LogP contribution in [-0.4, -0.2) is 33.2 Å². The number of aromatic nitrogens is 3. The second-order valence-corrected chi connectivity index (χ2v) is 4.49. The predicted molar refractivity (Wildman–Crippen MR) is 66.3 cm³/mol. The summed E-state index contributed by atoms with van der Waals surface area (Å²) >= 11 is 0. The van der Waals surface area contributed by atoms with Gasteiger partial charge in [0.15, 0.2) is 0 Å². The van der Waals surface area contributed by atoms with Crippen LogP contribution in [0.3, 0.4) is 0 Å². The van der Waals surface area contributed by atoms with Crippen LogP contribution in [0.4, 0.5) is 0 Å². The summed E-state index contributed by atoms with van der Waals surface area (Å²) in [5.41, 5.74) is 3.26. The van der Waals surface area contributed by atoms with E-state index >= 15 is 0 Å². The minimum absolute atomic E-state index is 0.975. The molecule has 0 amide bonds. The molecule has 0 radical (unpaired) electrons. The fourth-order valence-electron chi connectivity index (χ4n) is 2.26. The summed E-state index contributed by atoms with van der Waals surface area (Å²) < 4.78 is 0. The van der Waals surface area contributed by atoms with Crippen molar-refractivity contribution in [2.75, 3.05) is 13.1 Å². The topological polar surface area (TPSA) is 44.8 Å². The molecule has 0 bridgehead atoms. The van der Waals surface area contributed by atoms with E-state index in [1.165, 1.54) is 25.9 Å². The molecule has 0 aromatic carbocycles. The lowest BCUT2D eigenvalue weighted by atomic mass is 10.2. The van der Waals surface area contributed by atoms with Gasteiger partial charge in [0.1, 0.15) is 0 Å². The van der Waals surface area contributed by atoms with Crippen molar-refractivity contribution in [3.8, 4) is 11.3 Å². The predicted octanol–water partition coefficient (Wildman–Crippen LogP) is 2.07. The van der Waals surface area contributed by atoms with Crippen LogP contribution in [-0.2, 0) is 6.54 Å². The number of aromatic amines is 1. The molecule has 2 aromatic rings. The lowest BCUT2D eigenvalue weighted by molar-refractivity contribution is 0.327. The SMILES string of the molecule is c1cc(-c2ccc(CN3CCCC3)nc2)[nH]n1. The van der Waals surface area contributed by atoms with E-state index in [-0.39, 0.29) is 0 Å². The van der Waals surface area contributed by atoms with E-state index in [9.17, 15) is 0 Å². The summed E-state index contributed by atoms with van der Waals surface area (Å²) in [6.07, 6.45) is 6.32. The quantitative estimate of drug-likeness (QED) is 0.874. The fraction of sp³-hybridized carbons (Fsp3) is 0.385. The number of H-pyrrole nitrogens is 1. The van der Waals surface area contributed by atoms with Crippen LogP contribution in [0.2, 0.25) is 0 Å². The molecular formula is C13H16N4. The van der Waals surface area contributed by atoms with Crippen LogP contribution in [0.15, 0.2) is 30.6 Å². The minimum atomic E-state index is 0.975. The van der Waals surface area contributed by atoms with E-state index in [0.29, 0.717) is 0 Å². The van der Waals surface area contributed by atoms with Crippen molar-refractivity contribution in [2.24, 2.45) is 0 Å². The summed E-state index contributed by atoms with van der Waals surface area (Å²) in [6.45, 7) is 3.40. The van der Waals surface area contributed by atoms with Crippen LogP contribution in [0.1, 0.15) is 18.5 Å². The fourth-order valence-corrected chi connectivity index (χ4v) is 2.26. The maximum Gasteiger partial charge on any atom is 0.0665 e. The molecular weight excluding hydrogens is 212 g/mol. The largest absolute Gasteiger partial charge is 0.298 e. The molecule has 0 atom stereocenters. The zero-order valence-electron chi connectivity index (χ0n) is 9.76. The molecule has 1 N–H and O–H groups in total. The number of pyridine rings is 1. The average molecular weight is 228 g/mol. The standard InChI is InChI=1S/C13H16N4/c1-2-8-17(7-1)10-12-4-3-11(9-14-12)13-5-6-15-16-13/h3-6,9H,1-2,7-8,10H2,(H,15,16). The highest BCUT2D eigenvalue weighted by atomic mass is 15.1. The summed E-state index contributed by atoms with van der Waals surface area (Å²) in [7, 11) is 0. The Morgan fingerprint density at radius 1 is 1.18 bits per heavy atom. The third-order valence-electron chi connectivity index (χ3n) is 3.22. The van der Waals surface area contributed by atoms with Gasteiger partial charge in [-0.25, -0.2) is 0 Å². The summed E-state index contributed by atoms with van der Waals surface area (Å²) in [6, 6.07) is 6.16. The van der Waals surface area contributed by atoms with Crippen LogP contribution in [0.25, 0.3) is 11.3 Å². The minimum Gasteiger partial charge on any atom is -0.298 e. The molecule has 0 aliphatic carbocycles. The maximum absolute atomic E-state index is 4.51. The number of hydrogen-bond donors (Lipinski definition) is 1. The Morgan fingerprint density at radius 2 is 2.06 bits per heavy atom. The molecule has 17 heavy (non-hydrogen) atoms. The van der Waals surface area contributed by atoms with Gasteiger partial charge in [-0.15, -0.1) is 0 Å². The maximum atomic E-state index is 4.51. The first-order valence-electron chi connectivity index (χ1n) is 6.09. The highest BCUT2D eigenvalue weighted by Gasteiger charge is 2.12. The van der Waals surface area contributed by atoms with Crippen molar-refractivity contribution >= 4 is 0 Å². The van der Waals surface area contributed by atoms with Gasteiger partial charge in [0.05, 0.1) is 11.4 Å². The second kappa shape index (κ2) is 4.67. The monoisotopic (exact) mass is 228 g/mol. The van der Waals surface area contributed by atoms with Crippen LogP contribution < -0.4 is 0 Å². The summed E-state index contributed by atoms with van der Waals surface area (Å²) in [5.74, 6) is 0. The van der Waals surface area contributed by atoms with Crippen molar-refractivity contribution in [3.63, 3.8) is 0 Å².